The SMILES string of the molecule is CC(C)(C)OC(=O)NCC(O)C(O)c1ccc(C(=O)C2CC2)cc1. The van der Waals surface area contributed by atoms with Gasteiger partial charge in [-0.2, -0.15) is 0 Å². The van der Waals surface area contributed by atoms with E-state index in [1.807, 2.05) is 0 Å². The number of aliphatic hydroxyl groups excluding tert-OH is 2. The molecule has 1 aromatic rings. The molecule has 2 rings (SSSR count). The first-order valence-electron chi connectivity index (χ1n) is 8.14. The number of aliphatic hydroxyl groups is 2. The Bertz CT molecular complexity index is 586. The largest absolute Gasteiger partial charge is 0.444 e. The zero-order chi connectivity index (χ0) is 17.9. The van der Waals surface area contributed by atoms with Crippen molar-refractivity contribution < 1.29 is 24.5 Å². The number of alkyl carbamates (subject to hydrolysis) is 1. The highest BCUT2D eigenvalue weighted by molar-refractivity contribution is 5.99. The van der Waals surface area contributed by atoms with Crippen LogP contribution in [-0.2, 0) is 4.74 Å². The summed E-state index contributed by atoms with van der Waals surface area (Å²) in [6.07, 6.45) is -1.11. The molecule has 24 heavy (non-hydrogen) atoms. The van der Waals surface area contributed by atoms with Crippen molar-refractivity contribution in [3.8, 4) is 0 Å². The highest BCUT2D eigenvalue weighted by Gasteiger charge is 2.30. The number of rotatable bonds is 6. The number of nitrogens with one attached hydrogen (secondary N) is 1. The van der Waals surface area contributed by atoms with Gasteiger partial charge in [-0.1, -0.05) is 24.3 Å². The van der Waals surface area contributed by atoms with Crippen LogP contribution in [-0.4, -0.2) is 40.3 Å². The minimum absolute atomic E-state index is 0.128. The molecular formula is C18H25NO5. The van der Waals surface area contributed by atoms with Gasteiger partial charge in [0.15, 0.2) is 5.78 Å². The van der Waals surface area contributed by atoms with E-state index in [0.29, 0.717) is 11.1 Å². The van der Waals surface area contributed by atoms with Gasteiger partial charge in [-0.25, -0.2) is 4.79 Å². The van der Waals surface area contributed by atoms with Crippen molar-refractivity contribution in [2.75, 3.05) is 6.54 Å². The smallest absolute Gasteiger partial charge is 0.407 e. The van der Waals surface area contributed by atoms with Gasteiger partial charge in [0.05, 0.1) is 0 Å². The summed E-state index contributed by atoms with van der Waals surface area (Å²) in [5, 5.41) is 22.6. The minimum atomic E-state index is -1.18. The van der Waals surface area contributed by atoms with Gasteiger partial charge < -0.3 is 20.3 Å². The number of amides is 1. The average molecular weight is 335 g/mol. The molecule has 0 aliphatic heterocycles. The number of benzene rings is 1. The molecule has 1 aliphatic carbocycles. The van der Waals surface area contributed by atoms with E-state index in [-0.39, 0.29) is 18.2 Å². The molecule has 1 aliphatic rings. The monoisotopic (exact) mass is 335 g/mol. The van der Waals surface area contributed by atoms with Gasteiger partial charge in [-0.3, -0.25) is 4.79 Å². The maximum atomic E-state index is 11.9. The Balaban J connectivity index is 1.87. The molecule has 2 unspecified atom stereocenters. The highest BCUT2D eigenvalue weighted by Crippen LogP contribution is 2.32. The van der Waals surface area contributed by atoms with Crippen LogP contribution in [0, 0.1) is 5.92 Å². The highest BCUT2D eigenvalue weighted by atomic mass is 16.6. The average Bonchev–Trinajstić information content (AvgIpc) is 3.34. The number of hydrogen-bond donors (Lipinski definition) is 3. The summed E-state index contributed by atoms with van der Waals surface area (Å²) < 4.78 is 5.06. The molecule has 0 spiro atoms. The topological polar surface area (TPSA) is 95.9 Å². The first kappa shape index (κ1) is 18.4. The fourth-order valence-corrected chi connectivity index (χ4v) is 2.26. The summed E-state index contributed by atoms with van der Waals surface area (Å²) in [6, 6.07) is 6.56. The van der Waals surface area contributed by atoms with Crippen LogP contribution in [0.3, 0.4) is 0 Å². The molecule has 6 nitrogen and oxygen atoms in total. The first-order valence-corrected chi connectivity index (χ1v) is 8.14. The Morgan fingerprint density at radius 3 is 2.29 bits per heavy atom. The number of hydrogen-bond acceptors (Lipinski definition) is 5. The molecule has 6 heteroatoms. The zero-order valence-electron chi connectivity index (χ0n) is 14.3. The maximum Gasteiger partial charge on any atom is 0.407 e. The fraction of sp³-hybridized carbons (Fsp3) is 0.556. The van der Waals surface area contributed by atoms with Gasteiger partial charge in [-0.15, -0.1) is 0 Å². The number of carbonyl (C=O) groups excluding carboxylic acids is 2. The predicted octanol–water partition coefficient (Wildman–Crippen LogP) is 2.20. The van der Waals surface area contributed by atoms with Gasteiger partial charge in [0.2, 0.25) is 0 Å². The Kier molecular flexibility index (Phi) is 5.62. The van der Waals surface area contributed by atoms with Crippen LogP contribution in [0.2, 0.25) is 0 Å². The minimum Gasteiger partial charge on any atom is -0.444 e. The van der Waals surface area contributed by atoms with E-state index in [1.165, 1.54) is 0 Å². The van der Waals surface area contributed by atoms with E-state index in [1.54, 1.807) is 45.0 Å². The van der Waals surface area contributed by atoms with Crippen molar-refractivity contribution in [1.82, 2.24) is 5.32 Å². The van der Waals surface area contributed by atoms with E-state index in [4.69, 9.17) is 4.74 Å². The molecule has 0 radical (unpaired) electrons. The lowest BCUT2D eigenvalue weighted by molar-refractivity contribution is 0.0129. The molecule has 2 atom stereocenters. The van der Waals surface area contributed by atoms with Crippen LogP contribution in [0.25, 0.3) is 0 Å². The molecule has 132 valence electrons. The standard InChI is InChI=1S/C18H25NO5/c1-18(2,3)24-17(23)19-10-14(20)16(22)13-8-6-12(7-9-13)15(21)11-4-5-11/h6-9,11,14,16,20,22H,4-5,10H2,1-3H3,(H,19,23). The second-order valence-corrected chi connectivity index (χ2v) is 7.16. The van der Waals surface area contributed by atoms with Crippen molar-refractivity contribution in [3.63, 3.8) is 0 Å². The molecule has 1 saturated carbocycles. The lowest BCUT2D eigenvalue weighted by atomic mass is 10.00. The van der Waals surface area contributed by atoms with Crippen molar-refractivity contribution in [2.45, 2.75) is 51.4 Å². The van der Waals surface area contributed by atoms with Crippen LogP contribution in [0.1, 0.15) is 55.6 Å². The van der Waals surface area contributed by atoms with Crippen molar-refractivity contribution >= 4 is 11.9 Å². The number of ether oxygens (including phenoxy) is 1. The van der Waals surface area contributed by atoms with Crippen LogP contribution >= 0.6 is 0 Å². The van der Waals surface area contributed by atoms with E-state index in [9.17, 15) is 19.8 Å². The van der Waals surface area contributed by atoms with Gasteiger partial charge in [0.25, 0.3) is 0 Å². The van der Waals surface area contributed by atoms with E-state index >= 15 is 0 Å². The van der Waals surface area contributed by atoms with Crippen molar-refractivity contribution in [3.05, 3.63) is 35.4 Å². The Hall–Kier alpha value is -1.92. The molecule has 0 bridgehead atoms. The van der Waals surface area contributed by atoms with Gasteiger partial charge >= 0.3 is 6.09 Å². The molecule has 0 saturated heterocycles. The quantitative estimate of drug-likeness (QED) is 0.693. The van der Waals surface area contributed by atoms with Crippen molar-refractivity contribution in [1.29, 1.82) is 0 Å². The number of ketones is 1. The van der Waals surface area contributed by atoms with E-state index < -0.39 is 23.9 Å². The molecule has 0 heterocycles. The summed E-state index contributed by atoms with van der Waals surface area (Å²) >= 11 is 0. The van der Waals surface area contributed by atoms with Crippen LogP contribution in [0.15, 0.2) is 24.3 Å². The molecule has 3 N–H and O–H groups in total. The van der Waals surface area contributed by atoms with Crippen LogP contribution in [0.4, 0.5) is 4.79 Å². The number of Topliss-reactive ketones (excluding diaryl/α,β-unsaturated/α-hetero) is 1. The lowest BCUT2D eigenvalue weighted by Gasteiger charge is -2.22. The van der Waals surface area contributed by atoms with Crippen molar-refractivity contribution in [2.24, 2.45) is 5.92 Å². The lowest BCUT2D eigenvalue weighted by Crippen LogP contribution is -2.38. The van der Waals surface area contributed by atoms with Crippen LogP contribution in [0.5, 0.6) is 0 Å². The van der Waals surface area contributed by atoms with Gasteiger partial charge in [0.1, 0.15) is 17.8 Å². The third-order valence-electron chi connectivity index (χ3n) is 3.70. The molecular weight excluding hydrogens is 310 g/mol. The summed E-state index contributed by atoms with van der Waals surface area (Å²) in [7, 11) is 0. The summed E-state index contributed by atoms with van der Waals surface area (Å²) in [4.78, 5) is 23.5. The van der Waals surface area contributed by atoms with Gasteiger partial charge in [0, 0.05) is 18.0 Å². The normalized spacial score (nSPS) is 17.0. The summed E-state index contributed by atoms with van der Waals surface area (Å²) in [5.41, 5.74) is 0.480. The third-order valence-corrected chi connectivity index (χ3v) is 3.70. The van der Waals surface area contributed by atoms with Crippen LogP contribution < -0.4 is 5.32 Å². The zero-order valence-corrected chi connectivity index (χ0v) is 14.3. The summed E-state index contributed by atoms with van der Waals surface area (Å²) in [5.74, 6) is 0.271. The third kappa shape index (κ3) is 5.32. The Morgan fingerprint density at radius 2 is 1.79 bits per heavy atom. The van der Waals surface area contributed by atoms with E-state index in [0.717, 1.165) is 12.8 Å². The molecule has 0 aromatic heterocycles. The van der Waals surface area contributed by atoms with Gasteiger partial charge in [-0.05, 0) is 39.2 Å². The summed E-state index contributed by atoms with van der Waals surface area (Å²) in [6.45, 7) is 5.08. The Labute approximate surface area is 141 Å². The number of carbonyl (C=O) groups is 2. The second-order valence-electron chi connectivity index (χ2n) is 7.16. The maximum absolute atomic E-state index is 11.9. The first-order chi connectivity index (χ1) is 11.2. The van der Waals surface area contributed by atoms with E-state index in [2.05, 4.69) is 5.32 Å². The molecule has 1 aromatic carbocycles. The predicted molar refractivity (Wildman–Crippen MR) is 88.7 cm³/mol. The molecule has 1 amide bonds. The molecule has 1 fully saturated rings. The Morgan fingerprint density at radius 1 is 1.21 bits per heavy atom. The fourth-order valence-electron chi connectivity index (χ4n) is 2.26. The second kappa shape index (κ2) is 7.32.